The largest absolute Gasteiger partial charge is 0.481 e. The van der Waals surface area contributed by atoms with Crippen molar-refractivity contribution in [3.05, 3.63) is 94.5 Å². The number of carbonyl (C=O) groups is 2. The highest BCUT2D eigenvalue weighted by molar-refractivity contribution is 6.31. The van der Waals surface area contributed by atoms with Crippen LogP contribution in [0.5, 0.6) is 5.75 Å². The summed E-state index contributed by atoms with van der Waals surface area (Å²) in [5.41, 5.74) is 2.67. The first-order chi connectivity index (χ1) is 14.4. The lowest BCUT2D eigenvalue weighted by atomic mass is 10.1. The van der Waals surface area contributed by atoms with Crippen LogP contribution >= 0.6 is 11.6 Å². The highest BCUT2D eigenvalue weighted by atomic mass is 35.5. The predicted molar refractivity (Wildman–Crippen MR) is 119 cm³/mol. The molecule has 2 N–H and O–H groups in total. The van der Waals surface area contributed by atoms with Crippen molar-refractivity contribution in [2.45, 2.75) is 26.5 Å². The van der Waals surface area contributed by atoms with Gasteiger partial charge in [-0.15, -0.1) is 0 Å². The normalized spacial score (nSPS) is 11.4. The Balaban J connectivity index is 1.65. The van der Waals surface area contributed by atoms with E-state index in [9.17, 15) is 9.59 Å². The molecule has 0 saturated heterocycles. The molecule has 1 atom stereocenters. The summed E-state index contributed by atoms with van der Waals surface area (Å²) in [6, 6.07) is 21.7. The minimum atomic E-state index is -0.758. The SMILES string of the molecule is Cc1cc(O[C@H](C)C(=O)Nc2ccccc2C(=O)NCc2ccccc2)ccc1Cl. The molecular weight excluding hydrogens is 400 g/mol. The lowest BCUT2D eigenvalue weighted by Crippen LogP contribution is -2.31. The van der Waals surface area contributed by atoms with Gasteiger partial charge in [-0.1, -0.05) is 54.1 Å². The van der Waals surface area contributed by atoms with Crippen LogP contribution in [0.2, 0.25) is 5.02 Å². The molecule has 0 fully saturated rings. The fourth-order valence-corrected chi connectivity index (χ4v) is 2.96. The van der Waals surface area contributed by atoms with Crippen molar-refractivity contribution < 1.29 is 14.3 Å². The first-order valence-electron chi connectivity index (χ1n) is 9.59. The Morgan fingerprint density at radius 3 is 2.43 bits per heavy atom. The van der Waals surface area contributed by atoms with Crippen LogP contribution in [0.25, 0.3) is 0 Å². The number of amides is 2. The molecule has 0 aliphatic rings. The number of carbonyl (C=O) groups excluding carboxylic acids is 2. The molecule has 30 heavy (non-hydrogen) atoms. The highest BCUT2D eigenvalue weighted by Crippen LogP contribution is 2.22. The molecular formula is C24H23ClN2O3. The van der Waals surface area contributed by atoms with Crippen LogP contribution in [0, 0.1) is 6.92 Å². The zero-order valence-electron chi connectivity index (χ0n) is 16.8. The van der Waals surface area contributed by atoms with Crippen LogP contribution in [0.1, 0.15) is 28.4 Å². The average molecular weight is 423 g/mol. The number of rotatable bonds is 7. The predicted octanol–water partition coefficient (Wildman–Crippen LogP) is 4.98. The quantitative estimate of drug-likeness (QED) is 0.564. The third kappa shape index (κ3) is 5.61. The van der Waals surface area contributed by atoms with E-state index in [1.54, 1.807) is 49.4 Å². The Bertz CT molecular complexity index is 1040. The number of nitrogens with one attached hydrogen (secondary N) is 2. The minimum absolute atomic E-state index is 0.267. The molecule has 3 aromatic carbocycles. The van der Waals surface area contributed by atoms with Gasteiger partial charge in [-0.05, 0) is 55.3 Å². The van der Waals surface area contributed by atoms with E-state index >= 15 is 0 Å². The van der Waals surface area contributed by atoms with Crippen molar-refractivity contribution in [1.82, 2.24) is 5.32 Å². The van der Waals surface area contributed by atoms with Crippen molar-refractivity contribution in [3.63, 3.8) is 0 Å². The van der Waals surface area contributed by atoms with Crippen molar-refractivity contribution in [2.24, 2.45) is 0 Å². The van der Waals surface area contributed by atoms with Gasteiger partial charge in [0.05, 0.1) is 11.3 Å². The molecule has 5 nitrogen and oxygen atoms in total. The number of aryl methyl sites for hydroxylation is 1. The summed E-state index contributed by atoms with van der Waals surface area (Å²) in [6.45, 7) is 3.92. The lowest BCUT2D eigenvalue weighted by Gasteiger charge is -2.17. The Morgan fingerprint density at radius 2 is 1.70 bits per heavy atom. The number of hydrogen-bond donors (Lipinski definition) is 2. The molecule has 0 aliphatic carbocycles. The summed E-state index contributed by atoms with van der Waals surface area (Å²) >= 11 is 6.03. The van der Waals surface area contributed by atoms with Crippen LogP contribution < -0.4 is 15.4 Å². The number of ether oxygens (including phenoxy) is 1. The summed E-state index contributed by atoms with van der Waals surface area (Å²) in [7, 11) is 0. The summed E-state index contributed by atoms with van der Waals surface area (Å²) in [6.07, 6.45) is -0.758. The Kier molecular flexibility index (Phi) is 7.09. The van der Waals surface area contributed by atoms with Crippen molar-refractivity contribution in [2.75, 3.05) is 5.32 Å². The van der Waals surface area contributed by atoms with Gasteiger partial charge in [0.1, 0.15) is 5.75 Å². The van der Waals surface area contributed by atoms with Gasteiger partial charge in [0, 0.05) is 11.6 Å². The van der Waals surface area contributed by atoms with E-state index in [1.165, 1.54) is 0 Å². The fraction of sp³-hybridized carbons (Fsp3) is 0.167. The Labute approximate surface area is 181 Å². The Morgan fingerprint density at radius 1 is 1.00 bits per heavy atom. The molecule has 6 heteroatoms. The lowest BCUT2D eigenvalue weighted by molar-refractivity contribution is -0.122. The van der Waals surface area contributed by atoms with E-state index in [-0.39, 0.29) is 11.8 Å². The van der Waals surface area contributed by atoms with E-state index in [0.717, 1.165) is 11.1 Å². The molecule has 0 spiro atoms. The molecule has 2 amide bonds. The summed E-state index contributed by atoms with van der Waals surface area (Å²) < 4.78 is 5.72. The number of anilines is 1. The van der Waals surface area contributed by atoms with E-state index in [4.69, 9.17) is 16.3 Å². The van der Waals surface area contributed by atoms with E-state index in [2.05, 4.69) is 10.6 Å². The Hall–Kier alpha value is -3.31. The number of benzene rings is 3. The van der Waals surface area contributed by atoms with Gasteiger partial charge in [0.25, 0.3) is 11.8 Å². The number of hydrogen-bond acceptors (Lipinski definition) is 3. The van der Waals surface area contributed by atoms with Crippen molar-refractivity contribution in [3.8, 4) is 5.75 Å². The van der Waals surface area contributed by atoms with E-state index < -0.39 is 6.10 Å². The molecule has 0 heterocycles. The second kappa shape index (κ2) is 9.94. The maximum absolute atomic E-state index is 12.6. The minimum Gasteiger partial charge on any atom is -0.481 e. The van der Waals surface area contributed by atoms with Crippen LogP contribution in [0.4, 0.5) is 5.69 Å². The fourth-order valence-electron chi connectivity index (χ4n) is 2.85. The summed E-state index contributed by atoms with van der Waals surface area (Å²) in [4.78, 5) is 25.3. The molecule has 3 rings (SSSR count). The average Bonchev–Trinajstić information content (AvgIpc) is 2.75. The van der Waals surface area contributed by atoms with E-state index in [0.29, 0.717) is 28.6 Å². The number of para-hydroxylation sites is 1. The van der Waals surface area contributed by atoms with Crippen LogP contribution in [-0.2, 0) is 11.3 Å². The molecule has 0 aromatic heterocycles. The van der Waals surface area contributed by atoms with Crippen LogP contribution in [0.3, 0.4) is 0 Å². The van der Waals surface area contributed by atoms with E-state index in [1.807, 2.05) is 37.3 Å². The van der Waals surface area contributed by atoms with Gasteiger partial charge >= 0.3 is 0 Å². The number of halogens is 1. The summed E-state index contributed by atoms with van der Waals surface area (Å²) in [5.74, 6) is -0.0731. The molecule has 0 saturated carbocycles. The van der Waals surface area contributed by atoms with Gasteiger partial charge in [0.2, 0.25) is 0 Å². The topological polar surface area (TPSA) is 67.4 Å². The van der Waals surface area contributed by atoms with Crippen LogP contribution in [0.15, 0.2) is 72.8 Å². The van der Waals surface area contributed by atoms with Crippen molar-refractivity contribution in [1.29, 1.82) is 0 Å². The van der Waals surface area contributed by atoms with Gasteiger partial charge in [-0.25, -0.2) is 0 Å². The summed E-state index contributed by atoms with van der Waals surface area (Å²) in [5, 5.41) is 6.29. The third-order valence-corrected chi connectivity index (χ3v) is 4.96. The second-order valence-electron chi connectivity index (χ2n) is 6.87. The molecule has 0 unspecified atom stereocenters. The first kappa shape index (κ1) is 21.4. The van der Waals surface area contributed by atoms with Gasteiger partial charge in [-0.2, -0.15) is 0 Å². The van der Waals surface area contributed by atoms with Gasteiger partial charge in [0.15, 0.2) is 6.10 Å². The zero-order valence-corrected chi connectivity index (χ0v) is 17.6. The zero-order chi connectivity index (χ0) is 21.5. The monoisotopic (exact) mass is 422 g/mol. The maximum Gasteiger partial charge on any atom is 0.265 e. The molecule has 0 bridgehead atoms. The standard InChI is InChI=1S/C24H23ClN2O3/c1-16-14-19(12-13-21(16)25)30-17(2)23(28)27-22-11-7-6-10-20(22)24(29)26-15-18-8-4-3-5-9-18/h3-14,17H,15H2,1-2H3,(H,26,29)(H,27,28)/t17-/m1/s1. The molecule has 3 aromatic rings. The smallest absolute Gasteiger partial charge is 0.265 e. The first-order valence-corrected chi connectivity index (χ1v) is 9.96. The highest BCUT2D eigenvalue weighted by Gasteiger charge is 2.18. The van der Waals surface area contributed by atoms with Gasteiger partial charge in [-0.3, -0.25) is 9.59 Å². The maximum atomic E-state index is 12.6. The molecule has 0 radical (unpaired) electrons. The second-order valence-corrected chi connectivity index (χ2v) is 7.28. The molecule has 154 valence electrons. The molecule has 0 aliphatic heterocycles. The third-order valence-electron chi connectivity index (χ3n) is 4.54. The van der Waals surface area contributed by atoms with Gasteiger partial charge < -0.3 is 15.4 Å². The van der Waals surface area contributed by atoms with Crippen molar-refractivity contribution >= 4 is 29.1 Å². The van der Waals surface area contributed by atoms with Crippen LogP contribution in [-0.4, -0.2) is 17.9 Å².